The number of aliphatic hydroxyl groups excluding tert-OH is 4. The maximum Gasteiger partial charge on any atom is 0.329 e. The first-order valence-corrected chi connectivity index (χ1v) is 7.13. The van der Waals surface area contributed by atoms with Gasteiger partial charge in [-0.2, -0.15) is 0 Å². The van der Waals surface area contributed by atoms with Crippen LogP contribution in [0.15, 0.2) is 0 Å². The van der Waals surface area contributed by atoms with Gasteiger partial charge in [0, 0.05) is 0 Å². The Hall–Kier alpha value is -1.59. The number of esters is 1. The van der Waals surface area contributed by atoms with Crippen LogP contribution in [0.2, 0.25) is 0 Å². The highest BCUT2D eigenvalue weighted by Gasteiger charge is 2.31. The molecule has 10 heteroatoms. The van der Waals surface area contributed by atoms with E-state index >= 15 is 0 Å². The first kappa shape index (κ1) is 21.4. The molecule has 4 atom stereocenters. The smallest absolute Gasteiger partial charge is 0.329 e. The van der Waals surface area contributed by atoms with Crippen LogP contribution in [0.25, 0.3) is 0 Å². The Morgan fingerprint density at radius 3 is 2.39 bits per heavy atom. The van der Waals surface area contributed by atoms with E-state index in [1.54, 1.807) is 0 Å². The zero-order valence-corrected chi connectivity index (χ0v) is 12.6. The molecular formula is C13H24N2O8. The lowest BCUT2D eigenvalue weighted by Gasteiger charge is -2.21. The molecule has 0 unspecified atom stereocenters. The van der Waals surface area contributed by atoms with E-state index in [1.807, 2.05) is 0 Å². The van der Waals surface area contributed by atoms with Crippen LogP contribution < -0.4 is 11.1 Å². The first-order chi connectivity index (χ1) is 10.9. The topological polar surface area (TPSA) is 179 Å². The number of rotatable bonds is 13. The van der Waals surface area contributed by atoms with Gasteiger partial charge in [0.05, 0.1) is 6.61 Å². The lowest BCUT2D eigenvalue weighted by atomic mass is 10.1. The molecule has 0 aromatic carbocycles. The Bertz CT molecular complexity index is 379. The highest BCUT2D eigenvalue weighted by atomic mass is 16.5. The molecule has 0 aromatic rings. The number of nitrogens with one attached hydrogen (secondary N) is 1. The summed E-state index contributed by atoms with van der Waals surface area (Å²) in [5.41, 5.74) is 5.32. The molecule has 23 heavy (non-hydrogen) atoms. The number of Topliss-reactive ketones (excluding diaryl/α,β-unsaturated/α-hetero) is 1. The maximum absolute atomic E-state index is 11.8. The van der Waals surface area contributed by atoms with Crippen LogP contribution >= 0.6 is 0 Å². The van der Waals surface area contributed by atoms with Crippen LogP contribution in [-0.4, -0.2) is 82.7 Å². The minimum Gasteiger partial charge on any atom is -0.456 e. The van der Waals surface area contributed by atoms with Gasteiger partial charge in [0.25, 0.3) is 0 Å². The molecule has 1 amide bonds. The molecule has 134 valence electrons. The maximum atomic E-state index is 11.8. The van der Waals surface area contributed by atoms with E-state index in [0.717, 1.165) is 0 Å². The highest BCUT2D eigenvalue weighted by molar-refractivity contribution is 5.87. The average Bonchev–Trinajstić information content (AvgIpc) is 2.56. The predicted molar refractivity (Wildman–Crippen MR) is 77.0 cm³/mol. The van der Waals surface area contributed by atoms with Crippen molar-refractivity contribution in [2.75, 3.05) is 19.8 Å². The van der Waals surface area contributed by atoms with Gasteiger partial charge in [-0.3, -0.25) is 9.59 Å². The van der Waals surface area contributed by atoms with Crippen LogP contribution in [0.3, 0.4) is 0 Å². The number of carbonyl (C=O) groups is 3. The van der Waals surface area contributed by atoms with E-state index in [0.29, 0.717) is 25.8 Å². The van der Waals surface area contributed by atoms with Gasteiger partial charge in [-0.1, -0.05) is 0 Å². The molecule has 0 spiro atoms. The minimum atomic E-state index is -2.01. The highest BCUT2D eigenvalue weighted by Crippen LogP contribution is 2.05. The van der Waals surface area contributed by atoms with Gasteiger partial charge in [0.1, 0.15) is 24.4 Å². The summed E-state index contributed by atoms with van der Waals surface area (Å²) in [5.74, 6) is -1.92. The van der Waals surface area contributed by atoms with Crippen molar-refractivity contribution in [2.24, 2.45) is 5.73 Å². The zero-order valence-electron chi connectivity index (χ0n) is 12.6. The Morgan fingerprint density at radius 2 is 1.87 bits per heavy atom. The molecule has 7 N–H and O–H groups in total. The zero-order chi connectivity index (χ0) is 17.8. The molecule has 0 aliphatic heterocycles. The fraction of sp³-hybridized carbons (Fsp3) is 0.769. The molecule has 0 heterocycles. The number of hydrogen-bond donors (Lipinski definition) is 6. The van der Waals surface area contributed by atoms with Crippen molar-refractivity contribution in [1.29, 1.82) is 0 Å². The summed E-state index contributed by atoms with van der Waals surface area (Å²) in [7, 11) is 0. The summed E-state index contributed by atoms with van der Waals surface area (Å²) in [6.45, 7) is -1.26. The van der Waals surface area contributed by atoms with E-state index in [2.05, 4.69) is 10.1 Å². The number of ether oxygens (including phenoxy) is 1. The van der Waals surface area contributed by atoms with Gasteiger partial charge in [-0.05, 0) is 25.8 Å². The Kier molecular flexibility index (Phi) is 11.1. The van der Waals surface area contributed by atoms with Crippen LogP contribution in [0, 0.1) is 0 Å². The molecule has 0 rings (SSSR count). The lowest BCUT2D eigenvalue weighted by molar-refractivity contribution is -0.157. The molecule has 0 aliphatic carbocycles. The fourth-order valence-electron chi connectivity index (χ4n) is 1.68. The van der Waals surface area contributed by atoms with Gasteiger partial charge in [-0.15, -0.1) is 0 Å². The van der Waals surface area contributed by atoms with E-state index < -0.39 is 49.3 Å². The standard InChI is InChI=1S/C13H24N2O8/c14-4-2-1-3-8(15-7-17)13(22)23-6-10(19)12(21)11(20)9(18)5-16/h7-9,11-12,16,18,20-21H,1-6,14H2,(H,15,17)/t8-,9+,11+,12+/m0/s1. The molecule has 10 nitrogen and oxygen atoms in total. The molecule has 0 bridgehead atoms. The molecule has 0 aliphatic rings. The molecule has 0 saturated carbocycles. The number of carbonyl (C=O) groups excluding carboxylic acids is 3. The quantitative estimate of drug-likeness (QED) is 0.113. The lowest BCUT2D eigenvalue weighted by Crippen LogP contribution is -2.46. The first-order valence-electron chi connectivity index (χ1n) is 7.13. The predicted octanol–water partition coefficient (Wildman–Crippen LogP) is -3.58. The van der Waals surface area contributed by atoms with Crippen LogP contribution in [0.4, 0.5) is 0 Å². The summed E-state index contributed by atoms with van der Waals surface area (Å²) in [6.07, 6.45) is -3.81. The average molecular weight is 336 g/mol. The molecule has 0 fully saturated rings. The van der Waals surface area contributed by atoms with Gasteiger partial charge >= 0.3 is 5.97 Å². The van der Waals surface area contributed by atoms with E-state index in [4.69, 9.17) is 15.9 Å². The van der Waals surface area contributed by atoms with Gasteiger partial charge in [0.15, 0.2) is 6.61 Å². The van der Waals surface area contributed by atoms with Crippen molar-refractivity contribution in [3.63, 3.8) is 0 Å². The number of unbranched alkanes of at least 4 members (excludes halogenated alkanes) is 1. The number of aliphatic hydroxyl groups is 4. The second kappa shape index (κ2) is 11.9. The van der Waals surface area contributed by atoms with Crippen LogP contribution in [0.1, 0.15) is 19.3 Å². The third-order valence-corrected chi connectivity index (χ3v) is 3.09. The summed E-state index contributed by atoms with van der Waals surface area (Å²) in [5, 5.41) is 38.8. The van der Waals surface area contributed by atoms with Crippen LogP contribution in [-0.2, 0) is 19.1 Å². The van der Waals surface area contributed by atoms with Crippen molar-refractivity contribution in [1.82, 2.24) is 5.32 Å². The largest absolute Gasteiger partial charge is 0.456 e. The van der Waals surface area contributed by atoms with Crippen molar-refractivity contribution >= 4 is 18.2 Å². The molecule has 0 saturated heterocycles. The monoisotopic (exact) mass is 336 g/mol. The Morgan fingerprint density at radius 1 is 1.22 bits per heavy atom. The fourth-order valence-corrected chi connectivity index (χ4v) is 1.68. The second-order valence-corrected chi connectivity index (χ2v) is 4.88. The van der Waals surface area contributed by atoms with E-state index in [1.165, 1.54) is 0 Å². The number of amides is 1. The summed E-state index contributed by atoms with van der Waals surface area (Å²) in [4.78, 5) is 33.8. The summed E-state index contributed by atoms with van der Waals surface area (Å²) in [6, 6.07) is -0.947. The SMILES string of the molecule is NCCCC[C@H](NC=O)C(=O)OCC(=O)[C@@H](O)[C@H](O)[C@H](O)CO. The van der Waals surface area contributed by atoms with Crippen molar-refractivity contribution < 1.29 is 39.5 Å². The Balaban J connectivity index is 4.41. The number of nitrogens with two attached hydrogens (primary N) is 1. The van der Waals surface area contributed by atoms with Crippen molar-refractivity contribution in [3.8, 4) is 0 Å². The van der Waals surface area contributed by atoms with Crippen molar-refractivity contribution in [2.45, 2.75) is 43.6 Å². The van der Waals surface area contributed by atoms with Gasteiger partial charge in [-0.25, -0.2) is 4.79 Å². The van der Waals surface area contributed by atoms with Crippen molar-refractivity contribution in [3.05, 3.63) is 0 Å². The van der Waals surface area contributed by atoms with E-state index in [9.17, 15) is 24.6 Å². The molecule has 0 aromatic heterocycles. The normalized spacial score (nSPS) is 16.0. The molecular weight excluding hydrogens is 312 g/mol. The molecule has 0 radical (unpaired) electrons. The van der Waals surface area contributed by atoms with E-state index in [-0.39, 0.29) is 6.42 Å². The van der Waals surface area contributed by atoms with Gasteiger partial charge in [0.2, 0.25) is 12.2 Å². The number of hydrogen-bond acceptors (Lipinski definition) is 9. The third-order valence-electron chi connectivity index (χ3n) is 3.09. The number of ketones is 1. The third kappa shape index (κ3) is 8.00. The second-order valence-electron chi connectivity index (χ2n) is 4.88. The summed E-state index contributed by atoms with van der Waals surface area (Å²) < 4.78 is 4.68. The van der Waals surface area contributed by atoms with Crippen LogP contribution in [0.5, 0.6) is 0 Å². The minimum absolute atomic E-state index is 0.275. The Labute approximate surface area is 133 Å². The summed E-state index contributed by atoms with van der Waals surface area (Å²) >= 11 is 0. The van der Waals surface area contributed by atoms with Gasteiger partial charge < -0.3 is 36.2 Å².